The summed E-state index contributed by atoms with van der Waals surface area (Å²) in [7, 11) is -3.23. The number of nitrogens with one attached hydrogen (secondary N) is 1. The van der Waals surface area contributed by atoms with Crippen molar-refractivity contribution in [2.24, 2.45) is 5.73 Å². The zero-order chi connectivity index (χ0) is 12.0. The minimum atomic E-state index is -3.23. The molecule has 5 heteroatoms. The number of fused-ring (bicyclic) bond motifs is 1. The molecule has 0 saturated carbocycles. The van der Waals surface area contributed by atoms with E-state index in [1.54, 1.807) is 12.1 Å². The Balaban J connectivity index is 2.70. The van der Waals surface area contributed by atoms with E-state index in [0.717, 1.165) is 0 Å². The van der Waals surface area contributed by atoms with Crippen LogP contribution in [0.2, 0.25) is 0 Å². The lowest BCUT2D eigenvalue weighted by atomic mass is 10.1. The highest BCUT2D eigenvalue weighted by atomic mass is 32.2. The fraction of sp³-hybridized carbons (Fsp3) is 0.455. The van der Waals surface area contributed by atoms with Gasteiger partial charge in [0.15, 0.2) is 9.84 Å². The molecule has 88 valence electrons. The van der Waals surface area contributed by atoms with Gasteiger partial charge in [0.1, 0.15) is 0 Å². The molecule has 0 unspecified atom stereocenters. The maximum Gasteiger partial charge on any atom is 0.183 e. The third-order valence-corrected chi connectivity index (χ3v) is 4.86. The minimum Gasteiger partial charge on any atom is -0.378 e. The molecule has 0 amide bonds. The van der Waals surface area contributed by atoms with Crippen molar-refractivity contribution < 1.29 is 8.42 Å². The topological polar surface area (TPSA) is 72.2 Å². The van der Waals surface area contributed by atoms with Gasteiger partial charge in [-0.15, -0.1) is 0 Å². The minimum absolute atomic E-state index is 0.101. The summed E-state index contributed by atoms with van der Waals surface area (Å²) in [6, 6.07) is 5.37. The van der Waals surface area contributed by atoms with E-state index in [4.69, 9.17) is 5.73 Å². The highest BCUT2D eigenvalue weighted by Crippen LogP contribution is 2.34. The van der Waals surface area contributed by atoms with E-state index >= 15 is 0 Å². The number of hydrogen-bond acceptors (Lipinski definition) is 4. The molecule has 1 aliphatic heterocycles. The van der Waals surface area contributed by atoms with Crippen molar-refractivity contribution in [1.82, 2.24) is 0 Å². The molecule has 0 radical (unpaired) electrons. The molecule has 0 aromatic heterocycles. The van der Waals surface area contributed by atoms with Crippen molar-refractivity contribution in [1.29, 1.82) is 0 Å². The van der Waals surface area contributed by atoms with Crippen LogP contribution < -0.4 is 11.1 Å². The number of nitrogens with two attached hydrogens (primary N) is 1. The first-order valence-corrected chi connectivity index (χ1v) is 6.84. The lowest BCUT2D eigenvalue weighted by molar-refractivity contribution is 0.555. The summed E-state index contributed by atoms with van der Waals surface area (Å²) >= 11 is 0. The molecule has 2 rings (SSSR count). The van der Waals surface area contributed by atoms with Crippen LogP contribution in [0.4, 0.5) is 5.69 Å². The van der Waals surface area contributed by atoms with Crippen LogP contribution >= 0.6 is 0 Å². The van der Waals surface area contributed by atoms with Crippen LogP contribution in [-0.2, 0) is 16.4 Å². The predicted octanol–water partition coefficient (Wildman–Crippen LogP) is 1.12. The maximum absolute atomic E-state index is 12.2. The fourth-order valence-corrected chi connectivity index (χ4v) is 4.33. The molecule has 0 fully saturated rings. The van der Waals surface area contributed by atoms with Gasteiger partial charge in [-0.1, -0.05) is 12.1 Å². The van der Waals surface area contributed by atoms with Crippen LogP contribution in [0.15, 0.2) is 23.1 Å². The van der Waals surface area contributed by atoms with Crippen LogP contribution in [0.3, 0.4) is 0 Å². The standard InChI is InChI=1S/C11H16N2O2S/c1-11(2)7-16(14,15)10-8(6-12)4-3-5-9(10)13-11/h3-5,13H,6-7,12H2,1-2H3. The summed E-state index contributed by atoms with van der Waals surface area (Å²) in [6.07, 6.45) is 0. The third kappa shape index (κ3) is 1.81. The molecule has 0 spiro atoms. The van der Waals surface area contributed by atoms with Crippen LogP contribution in [-0.4, -0.2) is 19.7 Å². The molecule has 0 saturated heterocycles. The normalized spacial score (nSPS) is 20.9. The van der Waals surface area contributed by atoms with Crippen molar-refractivity contribution in [3.05, 3.63) is 23.8 Å². The lowest BCUT2D eigenvalue weighted by Crippen LogP contribution is -2.43. The highest BCUT2D eigenvalue weighted by Gasteiger charge is 2.36. The smallest absolute Gasteiger partial charge is 0.183 e. The van der Waals surface area contributed by atoms with E-state index in [0.29, 0.717) is 16.1 Å². The Kier molecular flexibility index (Phi) is 2.47. The summed E-state index contributed by atoms with van der Waals surface area (Å²) in [6.45, 7) is 4.00. The Bertz CT molecular complexity index is 521. The van der Waals surface area contributed by atoms with Crippen LogP contribution in [0.25, 0.3) is 0 Å². The summed E-state index contributed by atoms with van der Waals surface area (Å²) in [5.41, 5.74) is 6.49. The Labute approximate surface area is 95.8 Å². The van der Waals surface area contributed by atoms with Crippen molar-refractivity contribution in [2.45, 2.75) is 30.8 Å². The molecular weight excluding hydrogens is 224 g/mol. The van der Waals surface area contributed by atoms with Gasteiger partial charge in [-0.2, -0.15) is 0 Å². The predicted molar refractivity (Wildman–Crippen MR) is 64.1 cm³/mol. The molecule has 3 N–H and O–H groups in total. The number of anilines is 1. The SMILES string of the molecule is CC1(C)CS(=O)(=O)c2c(CN)cccc2N1. The molecule has 0 bridgehead atoms. The van der Waals surface area contributed by atoms with Gasteiger partial charge in [-0.05, 0) is 25.5 Å². The highest BCUT2D eigenvalue weighted by molar-refractivity contribution is 7.91. The molecule has 4 nitrogen and oxygen atoms in total. The first-order chi connectivity index (χ1) is 7.36. The average molecular weight is 240 g/mol. The fourth-order valence-electron chi connectivity index (χ4n) is 2.16. The summed E-state index contributed by atoms with van der Waals surface area (Å²) in [4.78, 5) is 0.372. The van der Waals surface area contributed by atoms with Gasteiger partial charge in [0.2, 0.25) is 0 Å². The Hall–Kier alpha value is -1.07. The third-order valence-electron chi connectivity index (χ3n) is 2.65. The second-order valence-electron chi connectivity index (χ2n) is 4.77. The molecule has 1 aromatic carbocycles. The van der Waals surface area contributed by atoms with Crippen molar-refractivity contribution >= 4 is 15.5 Å². The largest absolute Gasteiger partial charge is 0.378 e. The van der Waals surface area contributed by atoms with Crippen LogP contribution in [0.5, 0.6) is 0 Å². The molecule has 1 heterocycles. The van der Waals surface area contributed by atoms with E-state index in [2.05, 4.69) is 5.32 Å². The second-order valence-corrected chi connectivity index (χ2v) is 6.69. The van der Waals surface area contributed by atoms with E-state index in [9.17, 15) is 8.42 Å². The van der Waals surface area contributed by atoms with Gasteiger partial charge in [0, 0.05) is 12.1 Å². The number of hydrogen-bond donors (Lipinski definition) is 2. The van der Waals surface area contributed by atoms with E-state index in [-0.39, 0.29) is 12.3 Å². The Morgan fingerprint density at radius 2 is 2.12 bits per heavy atom. The van der Waals surface area contributed by atoms with E-state index in [1.165, 1.54) is 0 Å². The van der Waals surface area contributed by atoms with Crippen molar-refractivity contribution in [3.63, 3.8) is 0 Å². The zero-order valence-corrected chi connectivity index (χ0v) is 10.3. The average Bonchev–Trinajstić information content (AvgIpc) is 2.13. The lowest BCUT2D eigenvalue weighted by Gasteiger charge is -2.34. The quantitative estimate of drug-likeness (QED) is 0.771. The Morgan fingerprint density at radius 3 is 2.75 bits per heavy atom. The van der Waals surface area contributed by atoms with Crippen LogP contribution in [0.1, 0.15) is 19.4 Å². The van der Waals surface area contributed by atoms with Gasteiger partial charge in [0.05, 0.1) is 16.3 Å². The molecular formula is C11H16N2O2S. The van der Waals surface area contributed by atoms with Gasteiger partial charge in [0.25, 0.3) is 0 Å². The summed E-state index contributed by atoms with van der Waals surface area (Å²) in [5, 5.41) is 3.23. The van der Waals surface area contributed by atoms with E-state index in [1.807, 2.05) is 19.9 Å². The number of sulfone groups is 1. The molecule has 0 aliphatic carbocycles. The van der Waals surface area contributed by atoms with Crippen molar-refractivity contribution in [3.8, 4) is 0 Å². The Morgan fingerprint density at radius 1 is 1.44 bits per heavy atom. The zero-order valence-electron chi connectivity index (χ0n) is 9.45. The van der Waals surface area contributed by atoms with Crippen molar-refractivity contribution in [2.75, 3.05) is 11.1 Å². The monoisotopic (exact) mass is 240 g/mol. The van der Waals surface area contributed by atoms with Gasteiger partial charge in [-0.25, -0.2) is 8.42 Å². The van der Waals surface area contributed by atoms with E-state index < -0.39 is 15.4 Å². The maximum atomic E-state index is 12.2. The van der Waals surface area contributed by atoms with Gasteiger partial charge < -0.3 is 11.1 Å². The molecule has 16 heavy (non-hydrogen) atoms. The summed E-state index contributed by atoms with van der Waals surface area (Å²) in [5.74, 6) is 0.101. The molecule has 0 atom stereocenters. The molecule has 1 aromatic rings. The first-order valence-electron chi connectivity index (χ1n) is 5.19. The van der Waals surface area contributed by atoms with Crippen LogP contribution in [0, 0.1) is 0 Å². The van der Waals surface area contributed by atoms with Gasteiger partial charge >= 0.3 is 0 Å². The van der Waals surface area contributed by atoms with Gasteiger partial charge in [-0.3, -0.25) is 0 Å². The first kappa shape index (κ1) is 11.4. The number of rotatable bonds is 1. The number of benzene rings is 1. The second kappa shape index (κ2) is 3.46. The summed E-state index contributed by atoms with van der Waals surface area (Å²) < 4.78 is 24.3. The molecule has 1 aliphatic rings.